The van der Waals surface area contributed by atoms with Gasteiger partial charge in [-0.05, 0) is 26.0 Å². The number of benzene rings is 1. The van der Waals surface area contributed by atoms with Gasteiger partial charge in [-0.1, -0.05) is 30.3 Å². The lowest BCUT2D eigenvalue weighted by Gasteiger charge is -2.25. The summed E-state index contributed by atoms with van der Waals surface area (Å²) in [5.41, 5.74) is 1.27. The van der Waals surface area contributed by atoms with Crippen LogP contribution in [0, 0.1) is 5.92 Å². The van der Waals surface area contributed by atoms with Crippen molar-refractivity contribution in [3.05, 3.63) is 35.9 Å². The van der Waals surface area contributed by atoms with Crippen LogP contribution in [0.4, 0.5) is 0 Å². The minimum absolute atomic E-state index is 0.178. The molecule has 3 atom stereocenters. The molecule has 19 heavy (non-hydrogen) atoms. The molecule has 0 bridgehead atoms. The minimum atomic E-state index is -0.792. The van der Waals surface area contributed by atoms with E-state index >= 15 is 0 Å². The van der Waals surface area contributed by atoms with E-state index in [0.717, 1.165) is 6.54 Å². The fraction of sp³-hybridized carbons (Fsp3) is 0.533. The number of hydrogen-bond acceptors (Lipinski definition) is 3. The number of esters is 1. The molecule has 1 aliphatic rings. The molecule has 2 rings (SSSR count). The molecule has 0 amide bonds. The number of methoxy groups -OCH3 is 1. The van der Waals surface area contributed by atoms with Gasteiger partial charge in [0.25, 0.3) is 0 Å². The number of hydrogen-bond donors (Lipinski definition) is 0. The second kappa shape index (κ2) is 5.51. The third-order valence-electron chi connectivity index (χ3n) is 4.01. The molecule has 0 aliphatic heterocycles. The van der Waals surface area contributed by atoms with Crippen LogP contribution >= 0.6 is 11.6 Å². The van der Waals surface area contributed by atoms with Gasteiger partial charge in [0.05, 0.1) is 7.11 Å². The molecule has 1 fully saturated rings. The summed E-state index contributed by atoms with van der Waals surface area (Å²) in [6.07, 6.45) is 0.701. The van der Waals surface area contributed by atoms with E-state index in [1.165, 1.54) is 12.7 Å². The first-order valence-electron chi connectivity index (χ1n) is 6.51. The van der Waals surface area contributed by atoms with E-state index in [4.69, 9.17) is 16.3 Å². The van der Waals surface area contributed by atoms with E-state index in [1.54, 1.807) is 0 Å². The smallest absolute Gasteiger partial charge is 0.327 e. The molecular formula is C15H20ClNO2. The van der Waals surface area contributed by atoms with E-state index in [9.17, 15) is 4.79 Å². The van der Waals surface area contributed by atoms with Crippen molar-refractivity contribution >= 4 is 17.6 Å². The normalized spacial score (nSPS) is 27.1. The Balaban J connectivity index is 1.93. The van der Waals surface area contributed by atoms with Crippen LogP contribution in [0.3, 0.4) is 0 Å². The Kier molecular flexibility index (Phi) is 4.16. The summed E-state index contributed by atoms with van der Waals surface area (Å²) < 4.78 is 4.74. The zero-order valence-electron chi connectivity index (χ0n) is 11.6. The van der Waals surface area contributed by atoms with Crippen LogP contribution in [0.15, 0.2) is 30.3 Å². The molecule has 1 unspecified atom stereocenters. The number of carbonyl (C=O) groups is 1. The average Bonchev–Trinajstić information content (AvgIpc) is 3.09. The molecule has 4 heteroatoms. The Labute approximate surface area is 119 Å². The Morgan fingerprint density at radius 2 is 2.16 bits per heavy atom. The lowest BCUT2D eigenvalue weighted by Crippen LogP contribution is -2.29. The molecule has 1 aromatic rings. The SMILES string of the molecule is COC(=O)[C@@]1(Cl)C[C@@H]1CN(C)C(C)c1ccccc1. The second-order valence-electron chi connectivity index (χ2n) is 5.28. The molecule has 1 saturated carbocycles. The fourth-order valence-electron chi connectivity index (χ4n) is 2.42. The summed E-state index contributed by atoms with van der Waals surface area (Å²) in [5.74, 6) is -0.127. The van der Waals surface area contributed by atoms with Gasteiger partial charge in [-0.2, -0.15) is 0 Å². The highest BCUT2D eigenvalue weighted by atomic mass is 35.5. The first-order valence-corrected chi connectivity index (χ1v) is 6.89. The second-order valence-corrected chi connectivity index (χ2v) is 5.96. The standard InChI is InChI=1S/C15H20ClNO2/c1-11(12-7-5-4-6-8-12)17(2)10-13-9-15(13,16)14(18)19-3/h4-8,11,13H,9-10H2,1-3H3/t11?,13-,15-/m1/s1. The fourth-order valence-corrected chi connectivity index (χ4v) is 2.75. The number of ether oxygens (including phenoxy) is 1. The zero-order chi connectivity index (χ0) is 14.0. The van der Waals surface area contributed by atoms with Crippen molar-refractivity contribution in [1.29, 1.82) is 0 Å². The van der Waals surface area contributed by atoms with Crippen LogP contribution in [-0.4, -0.2) is 36.4 Å². The summed E-state index contributed by atoms with van der Waals surface area (Å²) in [6.45, 7) is 2.96. The highest BCUT2D eigenvalue weighted by Gasteiger charge is 2.60. The highest BCUT2D eigenvalue weighted by molar-refractivity contribution is 6.36. The van der Waals surface area contributed by atoms with Crippen molar-refractivity contribution in [2.75, 3.05) is 20.7 Å². The molecule has 104 valence electrons. The molecule has 3 nitrogen and oxygen atoms in total. The molecule has 0 heterocycles. The van der Waals surface area contributed by atoms with Crippen LogP contribution in [-0.2, 0) is 9.53 Å². The first kappa shape index (κ1) is 14.4. The van der Waals surface area contributed by atoms with Crippen molar-refractivity contribution in [1.82, 2.24) is 4.90 Å². The molecule has 0 N–H and O–H groups in total. The largest absolute Gasteiger partial charge is 0.468 e. The maximum Gasteiger partial charge on any atom is 0.327 e. The van der Waals surface area contributed by atoms with Crippen molar-refractivity contribution < 1.29 is 9.53 Å². The van der Waals surface area contributed by atoms with Crippen molar-refractivity contribution in [3.8, 4) is 0 Å². The lowest BCUT2D eigenvalue weighted by molar-refractivity contribution is -0.141. The van der Waals surface area contributed by atoms with Crippen molar-refractivity contribution in [3.63, 3.8) is 0 Å². The van der Waals surface area contributed by atoms with E-state index < -0.39 is 4.87 Å². The van der Waals surface area contributed by atoms with Crippen LogP contribution in [0.1, 0.15) is 24.9 Å². The monoisotopic (exact) mass is 281 g/mol. The van der Waals surface area contributed by atoms with Crippen molar-refractivity contribution in [2.24, 2.45) is 5.92 Å². The average molecular weight is 282 g/mol. The van der Waals surface area contributed by atoms with Gasteiger partial charge < -0.3 is 4.74 Å². The van der Waals surface area contributed by atoms with E-state index in [2.05, 4.69) is 31.0 Å². The maximum absolute atomic E-state index is 11.6. The molecule has 1 aliphatic carbocycles. The zero-order valence-corrected chi connectivity index (χ0v) is 12.4. The summed E-state index contributed by atoms with van der Waals surface area (Å²) in [7, 11) is 3.45. The van der Waals surface area contributed by atoms with Gasteiger partial charge in [0.2, 0.25) is 0 Å². The highest BCUT2D eigenvalue weighted by Crippen LogP contribution is 2.51. The van der Waals surface area contributed by atoms with Crippen molar-refractivity contribution in [2.45, 2.75) is 24.3 Å². The molecular weight excluding hydrogens is 262 g/mol. The van der Waals surface area contributed by atoms with Crippen LogP contribution in [0.2, 0.25) is 0 Å². The van der Waals surface area contributed by atoms with Gasteiger partial charge in [0, 0.05) is 18.5 Å². The van der Waals surface area contributed by atoms with Gasteiger partial charge in [-0.25, -0.2) is 0 Å². The predicted molar refractivity (Wildman–Crippen MR) is 76.2 cm³/mol. The van der Waals surface area contributed by atoms with Crippen LogP contribution in [0.5, 0.6) is 0 Å². The first-order chi connectivity index (χ1) is 8.99. The number of alkyl halides is 1. The lowest BCUT2D eigenvalue weighted by atomic mass is 10.1. The number of halogens is 1. The van der Waals surface area contributed by atoms with E-state index in [0.29, 0.717) is 12.5 Å². The molecule has 0 radical (unpaired) electrons. The van der Waals surface area contributed by atoms with Gasteiger partial charge in [-0.3, -0.25) is 9.69 Å². The van der Waals surface area contributed by atoms with Gasteiger partial charge >= 0.3 is 5.97 Å². The third-order valence-corrected chi connectivity index (χ3v) is 4.62. The Bertz CT molecular complexity index is 451. The predicted octanol–water partition coefficient (Wildman–Crippen LogP) is 2.85. The Hall–Kier alpha value is -1.06. The molecule has 0 spiro atoms. The molecule has 0 aromatic heterocycles. The number of nitrogens with zero attached hydrogens (tertiary/aromatic N) is 1. The van der Waals surface area contributed by atoms with Crippen LogP contribution < -0.4 is 0 Å². The van der Waals surface area contributed by atoms with E-state index in [-0.39, 0.29) is 11.9 Å². The van der Waals surface area contributed by atoms with Gasteiger partial charge in [-0.15, -0.1) is 11.6 Å². The maximum atomic E-state index is 11.6. The summed E-state index contributed by atoms with van der Waals surface area (Å²) >= 11 is 6.25. The Morgan fingerprint density at radius 3 is 2.74 bits per heavy atom. The Morgan fingerprint density at radius 1 is 1.53 bits per heavy atom. The topological polar surface area (TPSA) is 29.5 Å². The summed E-state index contributed by atoms with van der Waals surface area (Å²) in [6, 6.07) is 10.6. The molecule has 1 aromatic carbocycles. The summed E-state index contributed by atoms with van der Waals surface area (Å²) in [4.78, 5) is 13.0. The minimum Gasteiger partial charge on any atom is -0.468 e. The quantitative estimate of drug-likeness (QED) is 0.614. The number of carbonyl (C=O) groups excluding carboxylic acids is 1. The van der Waals surface area contributed by atoms with Gasteiger partial charge in [0.1, 0.15) is 4.87 Å². The van der Waals surface area contributed by atoms with Gasteiger partial charge in [0.15, 0.2) is 0 Å². The van der Waals surface area contributed by atoms with E-state index in [1.807, 2.05) is 18.2 Å². The summed E-state index contributed by atoms with van der Waals surface area (Å²) in [5, 5.41) is 0. The van der Waals surface area contributed by atoms with Crippen LogP contribution in [0.25, 0.3) is 0 Å². The molecule has 0 saturated heterocycles. The third kappa shape index (κ3) is 2.93. The number of rotatable bonds is 5.